The van der Waals surface area contributed by atoms with E-state index in [0.29, 0.717) is 13.0 Å². The smallest absolute Gasteiger partial charge is 0.422 e. The van der Waals surface area contributed by atoms with E-state index in [4.69, 9.17) is 10.5 Å². The van der Waals surface area contributed by atoms with Crippen LogP contribution in [0.15, 0.2) is 54.6 Å². The second kappa shape index (κ2) is 11.5. The summed E-state index contributed by atoms with van der Waals surface area (Å²) in [5.41, 5.74) is 11.8. The third-order valence-corrected chi connectivity index (χ3v) is 5.65. The maximum atomic E-state index is 12.4. The zero-order chi connectivity index (χ0) is 23.8. The Morgan fingerprint density at radius 3 is 2.33 bits per heavy atom. The van der Waals surface area contributed by atoms with Gasteiger partial charge in [-0.3, -0.25) is 5.43 Å². The number of hydrogen-bond acceptors (Lipinski definition) is 6. The molecule has 2 aromatic rings. The number of carbonyl (C=O) groups is 1. The predicted octanol–water partition coefficient (Wildman–Crippen LogP) is 3.46. The highest BCUT2D eigenvalue weighted by atomic mass is 16.6. The molecule has 0 aliphatic carbocycles. The van der Waals surface area contributed by atoms with E-state index in [1.165, 1.54) is 18.5 Å². The number of carbonyl (C=O) groups excluding carboxylic acids is 1. The van der Waals surface area contributed by atoms with Crippen molar-refractivity contribution in [3.8, 4) is 0 Å². The van der Waals surface area contributed by atoms with E-state index in [1.807, 2.05) is 51.1 Å². The van der Waals surface area contributed by atoms with Crippen molar-refractivity contribution >= 4 is 11.8 Å². The van der Waals surface area contributed by atoms with Gasteiger partial charge in [0.25, 0.3) is 0 Å². The molecule has 0 spiro atoms. The number of aliphatic hydroxyl groups excluding tert-OH is 1. The monoisotopic (exact) mass is 454 g/mol. The lowest BCUT2D eigenvalue weighted by molar-refractivity contribution is 0.0171. The Hall–Kier alpha value is -2.61. The highest BCUT2D eigenvalue weighted by molar-refractivity contribution is 5.67. The minimum Gasteiger partial charge on any atom is -0.443 e. The zero-order valence-corrected chi connectivity index (χ0v) is 20.0. The van der Waals surface area contributed by atoms with Crippen LogP contribution >= 0.6 is 0 Å². The molecular formula is C26H38N4O3. The first-order valence-electron chi connectivity index (χ1n) is 11.8. The Labute approximate surface area is 197 Å². The number of aliphatic hydroxyl groups is 1. The summed E-state index contributed by atoms with van der Waals surface area (Å²) in [5.74, 6) is 0. The van der Waals surface area contributed by atoms with Crippen LogP contribution in [0.3, 0.4) is 0 Å². The fourth-order valence-corrected chi connectivity index (χ4v) is 3.97. The molecule has 1 amide bonds. The molecule has 1 saturated heterocycles. The number of rotatable bonds is 9. The normalized spacial score (nSPS) is 16.0. The van der Waals surface area contributed by atoms with Crippen LogP contribution in [0.1, 0.15) is 44.7 Å². The van der Waals surface area contributed by atoms with Crippen molar-refractivity contribution < 1.29 is 14.6 Å². The van der Waals surface area contributed by atoms with Crippen molar-refractivity contribution in [2.24, 2.45) is 5.73 Å². The van der Waals surface area contributed by atoms with Crippen LogP contribution in [0.5, 0.6) is 0 Å². The Morgan fingerprint density at radius 1 is 1.09 bits per heavy atom. The van der Waals surface area contributed by atoms with Crippen molar-refractivity contribution in [2.45, 2.75) is 64.3 Å². The van der Waals surface area contributed by atoms with Gasteiger partial charge in [-0.05, 0) is 63.3 Å². The van der Waals surface area contributed by atoms with Gasteiger partial charge in [0.2, 0.25) is 0 Å². The summed E-state index contributed by atoms with van der Waals surface area (Å²) < 4.78 is 5.42. The Kier molecular flexibility index (Phi) is 8.72. The minimum atomic E-state index is -0.830. The van der Waals surface area contributed by atoms with Gasteiger partial charge in [0, 0.05) is 37.9 Å². The van der Waals surface area contributed by atoms with Crippen molar-refractivity contribution in [2.75, 3.05) is 24.5 Å². The van der Waals surface area contributed by atoms with Gasteiger partial charge in [-0.15, -0.1) is 0 Å². The minimum absolute atomic E-state index is 0.182. The summed E-state index contributed by atoms with van der Waals surface area (Å²) in [6.07, 6.45) is 1.63. The first kappa shape index (κ1) is 25.0. The molecule has 1 fully saturated rings. The van der Waals surface area contributed by atoms with Crippen LogP contribution in [0, 0.1) is 0 Å². The average molecular weight is 455 g/mol. The number of nitrogens with one attached hydrogen (secondary N) is 1. The number of hydrogen-bond donors (Lipinski definition) is 3. The molecule has 1 aliphatic rings. The Balaban J connectivity index is 1.65. The Bertz CT molecular complexity index is 861. The standard InChI is InChI=1S/C26H38N4O3/c1-26(2,3)33-25(32)28-30(19-24(31)23(27)17-20-9-5-4-6-10-20)18-21-11-13-22(14-12-21)29-15-7-8-16-29/h4-6,9-14,23-24,31H,7-8,15-19,27H2,1-3H3,(H,28,32). The molecular weight excluding hydrogens is 416 g/mol. The zero-order valence-electron chi connectivity index (χ0n) is 20.0. The molecule has 1 aliphatic heterocycles. The highest BCUT2D eigenvalue weighted by Gasteiger charge is 2.23. The summed E-state index contributed by atoms with van der Waals surface area (Å²) in [6, 6.07) is 17.7. The molecule has 33 heavy (non-hydrogen) atoms. The highest BCUT2D eigenvalue weighted by Crippen LogP contribution is 2.21. The Morgan fingerprint density at radius 2 is 1.73 bits per heavy atom. The molecule has 180 valence electrons. The lowest BCUT2D eigenvalue weighted by Gasteiger charge is -2.29. The predicted molar refractivity (Wildman–Crippen MR) is 132 cm³/mol. The number of benzene rings is 2. The number of anilines is 1. The second-order valence-electron chi connectivity index (χ2n) is 9.78. The van der Waals surface area contributed by atoms with Crippen LogP contribution in [0.25, 0.3) is 0 Å². The first-order valence-corrected chi connectivity index (χ1v) is 11.8. The van der Waals surface area contributed by atoms with Gasteiger partial charge >= 0.3 is 6.09 Å². The van der Waals surface area contributed by atoms with E-state index in [9.17, 15) is 9.90 Å². The number of nitrogens with zero attached hydrogens (tertiary/aromatic N) is 2. The van der Waals surface area contributed by atoms with E-state index in [2.05, 4.69) is 34.6 Å². The number of nitrogens with two attached hydrogens (primary N) is 1. The summed E-state index contributed by atoms with van der Waals surface area (Å²) >= 11 is 0. The third-order valence-electron chi connectivity index (χ3n) is 5.65. The summed E-state index contributed by atoms with van der Waals surface area (Å²) in [4.78, 5) is 14.8. The van der Waals surface area contributed by atoms with Crippen LogP contribution in [-0.2, 0) is 17.7 Å². The molecule has 3 rings (SSSR count). The fourth-order valence-electron chi connectivity index (χ4n) is 3.97. The number of amides is 1. The molecule has 7 heteroatoms. The van der Waals surface area contributed by atoms with E-state index in [0.717, 1.165) is 24.2 Å². The van der Waals surface area contributed by atoms with E-state index in [-0.39, 0.29) is 6.54 Å². The van der Waals surface area contributed by atoms with Crippen molar-refractivity contribution in [1.29, 1.82) is 0 Å². The van der Waals surface area contributed by atoms with E-state index in [1.54, 1.807) is 5.01 Å². The number of hydrazine groups is 1. The van der Waals surface area contributed by atoms with Crippen molar-refractivity contribution in [3.05, 3.63) is 65.7 Å². The molecule has 0 saturated carbocycles. The largest absolute Gasteiger partial charge is 0.443 e. The van der Waals surface area contributed by atoms with E-state index >= 15 is 0 Å². The molecule has 1 heterocycles. The molecule has 2 aromatic carbocycles. The molecule has 2 atom stereocenters. The second-order valence-corrected chi connectivity index (χ2v) is 9.78. The van der Waals surface area contributed by atoms with Crippen molar-refractivity contribution in [3.63, 3.8) is 0 Å². The van der Waals surface area contributed by atoms with Gasteiger partial charge in [-0.1, -0.05) is 42.5 Å². The molecule has 4 N–H and O–H groups in total. The maximum Gasteiger partial charge on any atom is 0.422 e. The third kappa shape index (κ3) is 8.35. The van der Waals surface area contributed by atoms with Gasteiger partial charge < -0.3 is 20.5 Å². The fraction of sp³-hybridized carbons (Fsp3) is 0.500. The summed E-state index contributed by atoms with van der Waals surface area (Å²) in [7, 11) is 0. The van der Waals surface area contributed by atoms with Crippen LogP contribution in [-0.4, -0.2) is 53.6 Å². The van der Waals surface area contributed by atoms with E-state index < -0.39 is 23.8 Å². The average Bonchev–Trinajstić information content (AvgIpc) is 3.28. The van der Waals surface area contributed by atoms with Gasteiger partial charge in [0.15, 0.2) is 0 Å². The van der Waals surface area contributed by atoms with Gasteiger partial charge in [0.05, 0.1) is 6.10 Å². The first-order chi connectivity index (χ1) is 15.7. The summed E-state index contributed by atoms with van der Waals surface area (Å²) in [6.45, 7) is 8.25. The lowest BCUT2D eigenvalue weighted by atomic mass is 10.0. The van der Waals surface area contributed by atoms with Gasteiger partial charge in [-0.2, -0.15) is 0 Å². The van der Waals surface area contributed by atoms with Gasteiger partial charge in [-0.25, -0.2) is 9.80 Å². The maximum absolute atomic E-state index is 12.4. The molecule has 7 nitrogen and oxygen atoms in total. The van der Waals surface area contributed by atoms with Gasteiger partial charge in [0.1, 0.15) is 5.60 Å². The quantitative estimate of drug-likeness (QED) is 0.503. The molecule has 0 radical (unpaired) electrons. The van der Waals surface area contributed by atoms with Crippen molar-refractivity contribution in [1.82, 2.24) is 10.4 Å². The SMILES string of the molecule is CC(C)(C)OC(=O)NN(Cc1ccc(N2CCCC2)cc1)CC(O)C(N)Cc1ccccc1. The van der Waals surface area contributed by atoms with Crippen LogP contribution < -0.4 is 16.1 Å². The van der Waals surface area contributed by atoms with Crippen LogP contribution in [0.4, 0.5) is 10.5 Å². The lowest BCUT2D eigenvalue weighted by Crippen LogP contribution is -2.51. The molecule has 0 aromatic heterocycles. The number of ether oxygens (including phenoxy) is 1. The summed E-state index contributed by atoms with van der Waals surface area (Å²) in [5, 5.41) is 12.5. The van der Waals surface area contributed by atoms with Crippen LogP contribution in [0.2, 0.25) is 0 Å². The topological polar surface area (TPSA) is 91.1 Å². The molecule has 0 bridgehead atoms. The molecule has 2 unspecified atom stereocenters.